The average molecular weight is 286 g/mol. The van der Waals surface area contributed by atoms with Gasteiger partial charge in [-0.2, -0.15) is 0 Å². The van der Waals surface area contributed by atoms with Crippen molar-refractivity contribution in [3.8, 4) is 0 Å². The zero-order valence-electron chi connectivity index (χ0n) is 12.4. The van der Waals surface area contributed by atoms with E-state index >= 15 is 0 Å². The van der Waals surface area contributed by atoms with Gasteiger partial charge in [-0.05, 0) is 56.7 Å². The molecule has 2 aromatic rings. The second kappa shape index (κ2) is 6.39. The molecular formula is C17H19FN2O. The van der Waals surface area contributed by atoms with Crippen LogP contribution in [0, 0.1) is 19.7 Å². The van der Waals surface area contributed by atoms with E-state index in [0.29, 0.717) is 5.56 Å². The van der Waals surface area contributed by atoms with Crippen LogP contribution < -0.4 is 10.6 Å². The maximum Gasteiger partial charge on any atom is 0.246 e. The third-order valence-electron chi connectivity index (χ3n) is 3.25. The lowest BCUT2D eigenvalue weighted by molar-refractivity contribution is -0.116. The summed E-state index contributed by atoms with van der Waals surface area (Å²) in [7, 11) is 0. The van der Waals surface area contributed by atoms with Gasteiger partial charge in [0.05, 0.1) is 0 Å². The molecule has 0 aliphatic heterocycles. The Morgan fingerprint density at radius 3 is 2.29 bits per heavy atom. The number of halogens is 1. The summed E-state index contributed by atoms with van der Waals surface area (Å²) in [6, 6.07) is 11.9. The molecule has 1 atom stereocenters. The summed E-state index contributed by atoms with van der Waals surface area (Å²) in [5.74, 6) is -0.391. The first kappa shape index (κ1) is 15.0. The van der Waals surface area contributed by atoms with E-state index in [1.165, 1.54) is 6.07 Å². The second-order valence-electron chi connectivity index (χ2n) is 5.19. The molecule has 1 amide bonds. The van der Waals surface area contributed by atoms with Crippen LogP contribution in [0.1, 0.15) is 18.1 Å². The minimum atomic E-state index is -0.420. The number of aryl methyl sites for hydroxylation is 2. The van der Waals surface area contributed by atoms with Gasteiger partial charge in [0, 0.05) is 11.4 Å². The molecule has 21 heavy (non-hydrogen) atoms. The van der Waals surface area contributed by atoms with E-state index in [2.05, 4.69) is 10.6 Å². The van der Waals surface area contributed by atoms with Gasteiger partial charge in [0.15, 0.2) is 0 Å². The van der Waals surface area contributed by atoms with Gasteiger partial charge in [-0.25, -0.2) is 4.39 Å². The predicted molar refractivity (Wildman–Crippen MR) is 84.0 cm³/mol. The summed E-state index contributed by atoms with van der Waals surface area (Å²) in [5.41, 5.74) is 3.17. The summed E-state index contributed by atoms with van der Waals surface area (Å²) in [6.07, 6.45) is 0. The minimum absolute atomic E-state index is 0.138. The molecule has 0 saturated heterocycles. The molecule has 0 saturated carbocycles. The Morgan fingerprint density at radius 2 is 1.67 bits per heavy atom. The van der Waals surface area contributed by atoms with E-state index in [4.69, 9.17) is 0 Å². The summed E-state index contributed by atoms with van der Waals surface area (Å²) >= 11 is 0. The summed E-state index contributed by atoms with van der Waals surface area (Å²) in [6.45, 7) is 5.45. The average Bonchev–Trinajstić information content (AvgIpc) is 2.45. The van der Waals surface area contributed by atoms with E-state index in [9.17, 15) is 9.18 Å². The maximum atomic E-state index is 13.2. The first-order valence-corrected chi connectivity index (χ1v) is 6.86. The molecule has 0 aliphatic carbocycles. The number of nitrogens with one attached hydrogen (secondary N) is 2. The largest absolute Gasteiger partial charge is 0.374 e. The first-order valence-electron chi connectivity index (χ1n) is 6.86. The SMILES string of the molecule is Cc1ccc(NC(=O)C(C)Nc2ccc(F)c(C)c2)cc1. The van der Waals surface area contributed by atoms with Crippen molar-refractivity contribution in [3.63, 3.8) is 0 Å². The van der Waals surface area contributed by atoms with E-state index in [0.717, 1.165) is 16.9 Å². The van der Waals surface area contributed by atoms with Gasteiger partial charge in [0.1, 0.15) is 11.9 Å². The smallest absolute Gasteiger partial charge is 0.246 e. The highest BCUT2D eigenvalue weighted by molar-refractivity contribution is 5.96. The number of carbonyl (C=O) groups excluding carboxylic acids is 1. The van der Waals surface area contributed by atoms with Crippen LogP contribution in [0.2, 0.25) is 0 Å². The van der Waals surface area contributed by atoms with Crippen LogP contribution in [0.25, 0.3) is 0 Å². The number of hydrogen-bond acceptors (Lipinski definition) is 2. The molecule has 0 aliphatic rings. The van der Waals surface area contributed by atoms with Crippen LogP contribution in [-0.4, -0.2) is 11.9 Å². The predicted octanol–water partition coefficient (Wildman–Crippen LogP) is 3.88. The van der Waals surface area contributed by atoms with E-state index in [1.807, 2.05) is 31.2 Å². The Kier molecular flexibility index (Phi) is 4.58. The van der Waals surface area contributed by atoms with Crippen LogP contribution >= 0.6 is 0 Å². The maximum absolute atomic E-state index is 13.2. The van der Waals surface area contributed by atoms with E-state index in [-0.39, 0.29) is 11.7 Å². The Morgan fingerprint density at radius 1 is 1.05 bits per heavy atom. The molecule has 0 fully saturated rings. The molecule has 2 aromatic carbocycles. The molecule has 0 spiro atoms. The Labute approximate surface area is 124 Å². The Hall–Kier alpha value is -2.36. The van der Waals surface area contributed by atoms with Gasteiger partial charge in [-0.15, -0.1) is 0 Å². The van der Waals surface area contributed by atoms with Crippen LogP contribution in [0.4, 0.5) is 15.8 Å². The van der Waals surface area contributed by atoms with Gasteiger partial charge in [0.2, 0.25) is 5.91 Å². The van der Waals surface area contributed by atoms with Crippen molar-refractivity contribution < 1.29 is 9.18 Å². The molecule has 0 bridgehead atoms. The Balaban J connectivity index is 1.98. The highest BCUT2D eigenvalue weighted by Crippen LogP contribution is 2.15. The number of rotatable bonds is 4. The monoisotopic (exact) mass is 286 g/mol. The summed E-state index contributed by atoms with van der Waals surface area (Å²) < 4.78 is 13.2. The van der Waals surface area contributed by atoms with Crippen molar-refractivity contribution in [2.75, 3.05) is 10.6 Å². The lowest BCUT2D eigenvalue weighted by atomic mass is 10.2. The number of hydrogen-bond donors (Lipinski definition) is 2. The van der Waals surface area contributed by atoms with Gasteiger partial charge in [0.25, 0.3) is 0 Å². The third kappa shape index (κ3) is 4.05. The van der Waals surface area contributed by atoms with Crippen molar-refractivity contribution >= 4 is 17.3 Å². The van der Waals surface area contributed by atoms with Crippen molar-refractivity contribution in [2.24, 2.45) is 0 Å². The van der Waals surface area contributed by atoms with Gasteiger partial charge in [-0.1, -0.05) is 17.7 Å². The van der Waals surface area contributed by atoms with Crippen molar-refractivity contribution in [1.29, 1.82) is 0 Å². The molecule has 4 heteroatoms. The number of benzene rings is 2. The van der Waals surface area contributed by atoms with Gasteiger partial charge < -0.3 is 10.6 Å². The van der Waals surface area contributed by atoms with Crippen LogP contribution in [0.3, 0.4) is 0 Å². The minimum Gasteiger partial charge on any atom is -0.374 e. The number of anilines is 2. The summed E-state index contributed by atoms with van der Waals surface area (Å²) in [5, 5.41) is 5.90. The van der Waals surface area contributed by atoms with Gasteiger partial charge in [-0.3, -0.25) is 4.79 Å². The van der Waals surface area contributed by atoms with Crippen LogP contribution in [0.5, 0.6) is 0 Å². The van der Waals surface area contributed by atoms with E-state index < -0.39 is 6.04 Å². The second-order valence-corrected chi connectivity index (χ2v) is 5.19. The first-order chi connectivity index (χ1) is 9.95. The molecule has 110 valence electrons. The zero-order valence-corrected chi connectivity index (χ0v) is 12.4. The summed E-state index contributed by atoms with van der Waals surface area (Å²) in [4.78, 5) is 12.1. The highest BCUT2D eigenvalue weighted by Gasteiger charge is 2.13. The van der Waals surface area contributed by atoms with Crippen molar-refractivity contribution in [3.05, 3.63) is 59.4 Å². The molecule has 0 heterocycles. The van der Waals surface area contributed by atoms with Crippen molar-refractivity contribution in [2.45, 2.75) is 26.8 Å². The molecule has 0 aromatic heterocycles. The lowest BCUT2D eigenvalue weighted by Crippen LogP contribution is -2.31. The third-order valence-corrected chi connectivity index (χ3v) is 3.25. The molecule has 2 rings (SSSR count). The van der Waals surface area contributed by atoms with E-state index in [1.54, 1.807) is 26.0 Å². The number of amides is 1. The molecule has 0 radical (unpaired) electrons. The molecular weight excluding hydrogens is 267 g/mol. The van der Waals surface area contributed by atoms with Gasteiger partial charge >= 0.3 is 0 Å². The fourth-order valence-corrected chi connectivity index (χ4v) is 1.94. The molecule has 1 unspecified atom stereocenters. The van der Waals surface area contributed by atoms with Crippen molar-refractivity contribution in [1.82, 2.24) is 0 Å². The topological polar surface area (TPSA) is 41.1 Å². The number of carbonyl (C=O) groups is 1. The zero-order chi connectivity index (χ0) is 15.4. The van der Waals surface area contributed by atoms with Crippen LogP contribution in [0.15, 0.2) is 42.5 Å². The van der Waals surface area contributed by atoms with Crippen LogP contribution in [-0.2, 0) is 4.79 Å². The fraction of sp³-hybridized carbons (Fsp3) is 0.235. The molecule has 2 N–H and O–H groups in total. The normalized spacial score (nSPS) is 11.8. The highest BCUT2D eigenvalue weighted by atomic mass is 19.1. The standard InChI is InChI=1S/C17H19FN2O/c1-11-4-6-14(7-5-11)20-17(21)13(3)19-15-8-9-16(18)12(2)10-15/h4-10,13,19H,1-3H3,(H,20,21). The quantitative estimate of drug-likeness (QED) is 0.895. The lowest BCUT2D eigenvalue weighted by Gasteiger charge is -2.16. The fourth-order valence-electron chi connectivity index (χ4n) is 1.94. The molecule has 3 nitrogen and oxygen atoms in total. The Bertz CT molecular complexity index is 638.